The fraction of sp³-hybridized carbons (Fsp3) is 0.889. The summed E-state index contributed by atoms with van der Waals surface area (Å²) in [5.74, 6) is -0.253. The van der Waals surface area contributed by atoms with Crippen molar-refractivity contribution in [1.82, 2.24) is 4.31 Å². The van der Waals surface area contributed by atoms with Crippen molar-refractivity contribution >= 4 is 15.9 Å². The van der Waals surface area contributed by atoms with Gasteiger partial charge in [-0.15, -0.1) is 0 Å². The van der Waals surface area contributed by atoms with E-state index in [0.29, 0.717) is 6.61 Å². The summed E-state index contributed by atoms with van der Waals surface area (Å²) in [5.41, 5.74) is 5.33. The molecular weight excluding hydrogens is 246 g/mol. The van der Waals surface area contributed by atoms with Crippen LogP contribution < -0.4 is 5.73 Å². The predicted octanol–water partition coefficient (Wildman–Crippen LogP) is -0.190. The molecule has 0 aliphatic heterocycles. The third kappa shape index (κ3) is 5.85. The van der Waals surface area contributed by atoms with Gasteiger partial charge in [-0.1, -0.05) is 5.16 Å². The molecule has 0 atom stereocenters. The number of hydrogen-bond donors (Lipinski definition) is 2. The lowest BCUT2D eigenvalue weighted by Crippen LogP contribution is -2.44. The van der Waals surface area contributed by atoms with Crippen molar-refractivity contribution in [2.75, 3.05) is 25.5 Å². The minimum Gasteiger partial charge on any atom is -0.409 e. The molecule has 0 aliphatic rings. The van der Waals surface area contributed by atoms with Gasteiger partial charge >= 0.3 is 0 Å². The van der Waals surface area contributed by atoms with Crippen molar-refractivity contribution in [2.24, 2.45) is 10.9 Å². The van der Waals surface area contributed by atoms with Crippen LogP contribution in [-0.4, -0.2) is 55.3 Å². The number of rotatable bonds is 8. The molecule has 0 aromatic rings. The Bertz CT molecular complexity index is 340. The minimum absolute atomic E-state index is 0.113. The van der Waals surface area contributed by atoms with E-state index in [1.54, 1.807) is 20.8 Å². The average molecular weight is 267 g/mol. The van der Waals surface area contributed by atoms with E-state index < -0.39 is 10.0 Å². The van der Waals surface area contributed by atoms with Gasteiger partial charge in [-0.2, -0.15) is 4.31 Å². The first-order valence-electron chi connectivity index (χ1n) is 5.38. The van der Waals surface area contributed by atoms with Gasteiger partial charge < -0.3 is 15.7 Å². The van der Waals surface area contributed by atoms with Gasteiger partial charge in [-0.05, 0) is 20.8 Å². The molecule has 3 N–H and O–H groups in total. The highest BCUT2D eigenvalue weighted by Crippen LogP contribution is 2.07. The van der Waals surface area contributed by atoms with Crippen LogP contribution >= 0.6 is 0 Å². The molecular formula is C9H21N3O4S. The Kier molecular flexibility index (Phi) is 7.09. The van der Waals surface area contributed by atoms with Gasteiger partial charge in [0.25, 0.3) is 0 Å². The van der Waals surface area contributed by atoms with Gasteiger partial charge in [0.1, 0.15) is 0 Å². The Morgan fingerprint density at radius 1 is 1.53 bits per heavy atom. The molecule has 0 radical (unpaired) electrons. The number of nitrogens with zero attached hydrogens (tertiary/aromatic N) is 2. The number of ether oxygens (including phenoxy) is 1. The van der Waals surface area contributed by atoms with Gasteiger partial charge in [-0.3, -0.25) is 0 Å². The van der Waals surface area contributed by atoms with E-state index in [0.717, 1.165) is 0 Å². The van der Waals surface area contributed by atoms with Crippen LogP contribution in [0.2, 0.25) is 0 Å². The largest absolute Gasteiger partial charge is 0.409 e. The Morgan fingerprint density at radius 3 is 2.53 bits per heavy atom. The summed E-state index contributed by atoms with van der Waals surface area (Å²) in [7, 11) is -3.46. The van der Waals surface area contributed by atoms with E-state index in [1.807, 2.05) is 0 Å². The van der Waals surface area contributed by atoms with Crippen LogP contribution in [0.5, 0.6) is 0 Å². The van der Waals surface area contributed by atoms with Crippen LogP contribution in [-0.2, 0) is 14.8 Å². The molecule has 0 unspecified atom stereocenters. The maximum atomic E-state index is 12.0. The van der Waals surface area contributed by atoms with E-state index in [1.165, 1.54) is 4.31 Å². The van der Waals surface area contributed by atoms with Crippen LogP contribution in [0.1, 0.15) is 20.8 Å². The highest BCUT2D eigenvalue weighted by atomic mass is 32.2. The van der Waals surface area contributed by atoms with E-state index >= 15 is 0 Å². The Morgan fingerprint density at radius 2 is 2.12 bits per heavy atom. The predicted molar refractivity (Wildman–Crippen MR) is 65.5 cm³/mol. The summed E-state index contributed by atoms with van der Waals surface area (Å²) >= 11 is 0. The molecule has 0 aromatic heterocycles. The molecule has 0 rings (SSSR count). The van der Waals surface area contributed by atoms with Crippen LogP contribution in [0.4, 0.5) is 0 Å². The molecule has 8 heteroatoms. The molecule has 0 spiro atoms. The highest BCUT2D eigenvalue weighted by Gasteiger charge is 2.25. The molecule has 0 bridgehead atoms. The fourth-order valence-electron chi connectivity index (χ4n) is 1.22. The third-order valence-electron chi connectivity index (χ3n) is 2.07. The Hall–Kier alpha value is -0.860. The van der Waals surface area contributed by atoms with Crippen LogP contribution in [0.25, 0.3) is 0 Å². The lowest BCUT2D eigenvalue weighted by molar-refractivity contribution is 0.162. The second kappa shape index (κ2) is 7.46. The first-order chi connectivity index (χ1) is 7.85. The third-order valence-corrected chi connectivity index (χ3v) is 4.02. The first-order valence-corrected chi connectivity index (χ1v) is 6.99. The number of sulfonamides is 1. The molecule has 0 saturated carbocycles. The summed E-state index contributed by atoms with van der Waals surface area (Å²) in [6, 6.07) is -0.262. The topological polar surface area (TPSA) is 105 Å². The van der Waals surface area contributed by atoms with Crippen LogP contribution in [0, 0.1) is 0 Å². The number of nitrogens with two attached hydrogens (primary N) is 1. The van der Waals surface area contributed by atoms with E-state index in [-0.39, 0.29) is 30.8 Å². The van der Waals surface area contributed by atoms with Crippen LogP contribution in [0.3, 0.4) is 0 Å². The molecule has 0 aliphatic carbocycles. The maximum absolute atomic E-state index is 12.0. The maximum Gasteiger partial charge on any atom is 0.217 e. The summed E-state index contributed by atoms with van der Waals surface area (Å²) in [6.07, 6.45) is 0. The van der Waals surface area contributed by atoms with Gasteiger partial charge in [0.2, 0.25) is 10.0 Å². The summed E-state index contributed by atoms with van der Waals surface area (Å²) in [5, 5.41) is 11.2. The SMILES string of the molecule is CCOCCS(=O)(=O)N(CC(N)=NO)C(C)C. The van der Waals surface area contributed by atoms with E-state index in [9.17, 15) is 8.42 Å². The molecule has 102 valence electrons. The zero-order valence-corrected chi connectivity index (χ0v) is 11.3. The zero-order valence-electron chi connectivity index (χ0n) is 10.5. The highest BCUT2D eigenvalue weighted by molar-refractivity contribution is 7.89. The van der Waals surface area contributed by atoms with Crippen molar-refractivity contribution in [3.63, 3.8) is 0 Å². The Balaban J connectivity index is 4.68. The second-order valence-corrected chi connectivity index (χ2v) is 5.78. The van der Waals surface area contributed by atoms with Crippen LogP contribution in [0.15, 0.2) is 5.16 Å². The average Bonchev–Trinajstić information content (AvgIpc) is 2.24. The van der Waals surface area contributed by atoms with Crippen molar-refractivity contribution in [1.29, 1.82) is 0 Å². The monoisotopic (exact) mass is 267 g/mol. The van der Waals surface area contributed by atoms with E-state index in [4.69, 9.17) is 15.7 Å². The molecule has 7 nitrogen and oxygen atoms in total. The lowest BCUT2D eigenvalue weighted by atomic mass is 10.4. The lowest BCUT2D eigenvalue weighted by Gasteiger charge is -2.25. The molecule has 17 heavy (non-hydrogen) atoms. The first kappa shape index (κ1) is 16.1. The van der Waals surface area contributed by atoms with E-state index in [2.05, 4.69) is 5.16 Å². The summed E-state index contributed by atoms with van der Waals surface area (Å²) < 4.78 is 30.1. The van der Waals surface area contributed by atoms with Gasteiger partial charge in [0.05, 0.1) is 18.9 Å². The molecule has 0 amide bonds. The number of hydrogen-bond acceptors (Lipinski definition) is 5. The minimum atomic E-state index is -3.46. The quantitative estimate of drug-likeness (QED) is 0.208. The van der Waals surface area contributed by atoms with Gasteiger partial charge in [0, 0.05) is 12.6 Å². The smallest absolute Gasteiger partial charge is 0.217 e. The van der Waals surface area contributed by atoms with Crippen molar-refractivity contribution in [3.8, 4) is 0 Å². The Labute approximate surface area is 102 Å². The zero-order chi connectivity index (χ0) is 13.5. The van der Waals surface area contributed by atoms with Gasteiger partial charge in [-0.25, -0.2) is 8.42 Å². The van der Waals surface area contributed by atoms with Gasteiger partial charge in [0.15, 0.2) is 5.84 Å². The fourth-order valence-corrected chi connectivity index (χ4v) is 2.75. The second-order valence-electron chi connectivity index (χ2n) is 3.74. The molecule has 0 saturated heterocycles. The molecule has 0 fully saturated rings. The molecule has 0 heterocycles. The standard InChI is InChI=1S/C9H21N3O4S/c1-4-16-5-6-17(14,15)12(8(2)3)7-9(10)11-13/h8,13H,4-7H2,1-3H3,(H2,10,11). The molecule has 0 aromatic carbocycles. The van der Waals surface area contributed by atoms with Crippen molar-refractivity contribution < 1.29 is 18.4 Å². The number of oxime groups is 1. The normalized spacial score (nSPS) is 13.6. The van der Waals surface area contributed by atoms with Crippen molar-refractivity contribution in [3.05, 3.63) is 0 Å². The summed E-state index contributed by atoms with van der Waals surface area (Å²) in [4.78, 5) is 0. The van der Waals surface area contributed by atoms with Crippen molar-refractivity contribution in [2.45, 2.75) is 26.8 Å². The summed E-state index contributed by atoms with van der Waals surface area (Å²) in [6.45, 7) is 5.73. The number of amidine groups is 1.